The molecule has 4 fully saturated rings. The van der Waals surface area contributed by atoms with Crippen molar-refractivity contribution in [2.45, 2.75) is 134 Å². The Morgan fingerprint density at radius 2 is 1.10 bits per heavy atom. The lowest BCUT2D eigenvalue weighted by Crippen LogP contribution is -2.67. The highest BCUT2D eigenvalue weighted by molar-refractivity contribution is 8.00. The minimum absolute atomic E-state index is 0.00374. The highest BCUT2D eigenvalue weighted by atomic mass is 32.2. The molecule has 0 spiro atoms. The lowest BCUT2D eigenvalue weighted by Gasteiger charge is -2.49. The van der Waals surface area contributed by atoms with E-state index in [4.69, 9.17) is 37.9 Å². The summed E-state index contributed by atoms with van der Waals surface area (Å²) in [5, 5.41) is 138. The molecule has 0 radical (unpaired) electrons. The standard InChI is InChI=1S/C35H57NO23S2/c1-2-52-28-16(21(45)25(28)49)36-4-7-60-6-3-5-53-32-29(23(47)18(42)12(8-37)54-32)58-33-30(24(48)19(43)13(9-38)55-33)59-34-31(26(50)20(44)14(10-39)56-34)61-35-27(51)22(46)17(41)15(11-40)57-35/h12-15,17-20,22-24,26-27,29-44,46-48,50-51H,2-11H2,1H3/t12-,13-,14-,15-,17-,18-,19-,20-,22+,23+,24+,26+,27+,29+,30+,31+,32-,33+,34+,35+/m1/s1. The Bertz CT molecular complexity index is 1560. The van der Waals surface area contributed by atoms with Gasteiger partial charge in [0.25, 0.3) is 10.9 Å². The van der Waals surface area contributed by atoms with E-state index in [9.17, 15) is 76.0 Å². The van der Waals surface area contributed by atoms with Gasteiger partial charge in [0.2, 0.25) is 0 Å². The number of rotatable bonds is 21. The number of hydrogen-bond acceptors (Lipinski definition) is 26. The summed E-state index contributed by atoms with van der Waals surface area (Å²) in [6, 6.07) is 0. The fourth-order valence-electron chi connectivity index (χ4n) is 7.13. The molecular weight excluding hydrogens is 867 g/mol. The average Bonchev–Trinajstić information content (AvgIpc) is 3.26. The molecular formula is C35H57NO23S2. The van der Waals surface area contributed by atoms with Gasteiger partial charge in [0, 0.05) is 12.3 Å². The Labute approximate surface area is 356 Å². The minimum Gasteiger partial charge on any atom is -0.488 e. The summed E-state index contributed by atoms with van der Waals surface area (Å²) >= 11 is 2.00. The molecule has 1 aromatic carbocycles. The molecule has 14 N–H and O–H groups in total. The summed E-state index contributed by atoms with van der Waals surface area (Å²) < 4.78 is 46.0. The molecule has 0 saturated carbocycles. The predicted molar refractivity (Wildman–Crippen MR) is 207 cm³/mol. The van der Waals surface area contributed by atoms with E-state index < -0.39 is 158 Å². The molecule has 1 aromatic rings. The molecule has 352 valence electrons. The van der Waals surface area contributed by atoms with Crippen molar-refractivity contribution >= 4 is 29.2 Å². The average molecular weight is 924 g/mol. The van der Waals surface area contributed by atoms with Gasteiger partial charge in [-0.2, -0.15) is 11.8 Å². The van der Waals surface area contributed by atoms with E-state index in [1.807, 2.05) is 0 Å². The zero-order valence-electron chi connectivity index (χ0n) is 32.8. The molecule has 24 nitrogen and oxygen atoms in total. The van der Waals surface area contributed by atoms with Crippen LogP contribution in [0.1, 0.15) is 13.3 Å². The first-order valence-electron chi connectivity index (χ1n) is 19.7. The number of aliphatic hydroxyl groups excluding tert-OH is 13. The Morgan fingerprint density at radius 1 is 0.590 bits per heavy atom. The maximum atomic E-state index is 11.8. The molecule has 5 rings (SSSR count). The van der Waals surface area contributed by atoms with Crippen molar-refractivity contribution in [1.29, 1.82) is 0 Å². The van der Waals surface area contributed by atoms with E-state index >= 15 is 0 Å². The number of hydrogen-bond donors (Lipinski definition) is 14. The summed E-state index contributed by atoms with van der Waals surface area (Å²) in [6.45, 7) is -1.04. The van der Waals surface area contributed by atoms with Gasteiger partial charge in [0.1, 0.15) is 96.6 Å². The quantitative estimate of drug-likeness (QED) is 0.0402. The van der Waals surface area contributed by atoms with E-state index in [-0.39, 0.29) is 24.7 Å². The first-order valence-corrected chi connectivity index (χ1v) is 21.8. The number of anilines is 1. The first-order chi connectivity index (χ1) is 29.1. The van der Waals surface area contributed by atoms with E-state index in [0.717, 1.165) is 0 Å². The molecule has 20 atom stereocenters. The first kappa shape index (κ1) is 50.6. The third-order valence-electron chi connectivity index (χ3n) is 10.6. The molecule has 0 aliphatic carbocycles. The number of thioether (sulfide) groups is 2. The van der Waals surface area contributed by atoms with Crippen molar-refractivity contribution in [2.75, 3.05) is 63.0 Å². The van der Waals surface area contributed by atoms with Crippen molar-refractivity contribution in [3.8, 4) is 5.75 Å². The molecule has 4 saturated heterocycles. The van der Waals surface area contributed by atoms with Gasteiger partial charge in [-0.05, 0) is 19.1 Å². The van der Waals surface area contributed by atoms with Crippen LogP contribution in [0.3, 0.4) is 0 Å². The molecule has 26 heteroatoms. The van der Waals surface area contributed by atoms with Gasteiger partial charge in [-0.25, -0.2) is 0 Å². The van der Waals surface area contributed by atoms with E-state index in [0.29, 0.717) is 36.2 Å². The molecule has 0 bridgehead atoms. The summed E-state index contributed by atoms with van der Waals surface area (Å²) in [4.78, 5) is 23.5. The van der Waals surface area contributed by atoms with Gasteiger partial charge in [-0.15, -0.1) is 11.8 Å². The minimum atomic E-state index is -2.00. The largest absolute Gasteiger partial charge is 0.488 e. The Balaban J connectivity index is 1.28. The molecule has 4 aliphatic heterocycles. The fraction of sp³-hybridized carbons (Fsp3) is 0.886. The summed E-state index contributed by atoms with van der Waals surface area (Å²) in [7, 11) is 0. The summed E-state index contributed by atoms with van der Waals surface area (Å²) in [5.74, 6) is 1.04. The smallest absolute Gasteiger partial charge is 0.272 e. The van der Waals surface area contributed by atoms with Crippen LogP contribution in [-0.4, -0.2) is 245 Å². The highest BCUT2D eigenvalue weighted by Crippen LogP contribution is 2.40. The van der Waals surface area contributed by atoms with Crippen LogP contribution < -0.4 is 20.9 Å². The third-order valence-corrected chi connectivity index (χ3v) is 13.2. The van der Waals surface area contributed by atoms with Crippen LogP contribution in [-0.2, 0) is 33.2 Å². The van der Waals surface area contributed by atoms with Crippen molar-refractivity contribution < 1.29 is 104 Å². The van der Waals surface area contributed by atoms with Crippen LogP contribution in [0.15, 0.2) is 9.59 Å². The maximum Gasteiger partial charge on any atom is 0.272 e. The second-order valence-corrected chi connectivity index (χ2v) is 17.2. The lowest BCUT2D eigenvalue weighted by molar-refractivity contribution is -0.385. The van der Waals surface area contributed by atoms with Crippen LogP contribution >= 0.6 is 23.5 Å². The fourth-order valence-corrected chi connectivity index (χ4v) is 9.31. The maximum absolute atomic E-state index is 11.8. The predicted octanol–water partition coefficient (Wildman–Crippen LogP) is -7.78. The Morgan fingerprint density at radius 3 is 1.69 bits per heavy atom. The van der Waals surface area contributed by atoms with E-state index in [1.54, 1.807) is 6.92 Å². The lowest BCUT2D eigenvalue weighted by atomic mass is 9.96. The van der Waals surface area contributed by atoms with E-state index in [1.165, 1.54) is 11.8 Å². The molecule has 4 heterocycles. The van der Waals surface area contributed by atoms with E-state index in [2.05, 4.69) is 5.32 Å². The van der Waals surface area contributed by atoms with Crippen LogP contribution in [0.4, 0.5) is 5.69 Å². The van der Waals surface area contributed by atoms with Crippen molar-refractivity contribution in [2.24, 2.45) is 0 Å². The van der Waals surface area contributed by atoms with Crippen molar-refractivity contribution in [3.05, 3.63) is 20.4 Å². The van der Waals surface area contributed by atoms with Gasteiger partial charge in [-0.3, -0.25) is 9.59 Å². The van der Waals surface area contributed by atoms with Gasteiger partial charge in [0.05, 0.1) is 51.0 Å². The van der Waals surface area contributed by atoms with Crippen molar-refractivity contribution in [1.82, 2.24) is 0 Å². The molecule has 0 unspecified atom stereocenters. The monoisotopic (exact) mass is 923 g/mol. The molecule has 0 amide bonds. The third kappa shape index (κ3) is 11.3. The van der Waals surface area contributed by atoms with Gasteiger partial charge in [-0.1, -0.05) is 0 Å². The number of aliphatic hydroxyl groups is 13. The SMILES string of the molecule is CCOc1c(NCCSCCCO[C@@H]2O[C@H](CO)[C@@H](O)[C@H](O)[C@@H]2O[C@@H]2O[C@H](CO)[C@@H](O)[C@H](O)[C@@H]2O[C@@H]2O[C@H](CO)[C@@H](O)[C@H](O)[C@@H]2S[C@@H]2O[C@H](CO)[C@@H](O)[C@H](O)[C@@H]2O)c(=O)c1=O. The second-order valence-electron chi connectivity index (χ2n) is 14.7. The van der Waals surface area contributed by atoms with Crippen molar-refractivity contribution in [3.63, 3.8) is 0 Å². The Kier molecular flexibility index (Phi) is 19.2. The zero-order valence-corrected chi connectivity index (χ0v) is 34.5. The number of ether oxygens (including phenoxy) is 8. The Hall–Kier alpha value is -1.42. The molecule has 4 aliphatic rings. The topological polar surface area (TPSA) is 383 Å². The van der Waals surface area contributed by atoms with Crippen LogP contribution in [0.5, 0.6) is 5.75 Å². The second kappa shape index (κ2) is 23.2. The highest BCUT2D eigenvalue weighted by Gasteiger charge is 2.56. The zero-order chi connectivity index (χ0) is 44.7. The van der Waals surface area contributed by atoms with Crippen LogP contribution in [0.25, 0.3) is 0 Å². The summed E-state index contributed by atoms with van der Waals surface area (Å²) in [6.07, 6.45) is -30.6. The van der Waals surface area contributed by atoms with Crippen LogP contribution in [0.2, 0.25) is 0 Å². The van der Waals surface area contributed by atoms with Gasteiger partial charge in [0.15, 0.2) is 24.6 Å². The van der Waals surface area contributed by atoms with Gasteiger partial charge < -0.3 is 110 Å². The normalized spacial score (nSPS) is 42.1. The van der Waals surface area contributed by atoms with Crippen LogP contribution in [0, 0.1) is 0 Å². The van der Waals surface area contributed by atoms with Gasteiger partial charge >= 0.3 is 0 Å². The number of nitrogens with one attached hydrogen (secondary N) is 1. The summed E-state index contributed by atoms with van der Waals surface area (Å²) in [5.41, 5.74) is -2.72. The molecule has 61 heavy (non-hydrogen) atoms. The molecule has 0 aromatic heterocycles.